The number of aromatic amines is 1. The Balaban J connectivity index is 2.88. The van der Waals surface area contributed by atoms with E-state index in [4.69, 9.17) is 0 Å². The third-order valence-electron chi connectivity index (χ3n) is 1.54. The van der Waals surface area contributed by atoms with Crippen molar-refractivity contribution in [3.8, 4) is 0 Å². The van der Waals surface area contributed by atoms with Crippen LogP contribution in [0.25, 0.3) is 5.57 Å². The summed E-state index contributed by atoms with van der Waals surface area (Å²) in [4.78, 5) is 7.25. The van der Waals surface area contributed by atoms with Gasteiger partial charge in [-0.25, -0.2) is 4.98 Å². The molecule has 0 atom stereocenters. The fourth-order valence-electron chi connectivity index (χ4n) is 1.07. The van der Waals surface area contributed by atoms with E-state index in [9.17, 15) is 0 Å². The molecule has 12 heavy (non-hydrogen) atoms. The van der Waals surface area contributed by atoms with Crippen molar-refractivity contribution in [2.45, 2.75) is 20.3 Å². The molecular formula is C10H14N2. The summed E-state index contributed by atoms with van der Waals surface area (Å²) in [5, 5.41) is 0. The van der Waals surface area contributed by atoms with E-state index in [0.29, 0.717) is 0 Å². The van der Waals surface area contributed by atoms with Gasteiger partial charge in [-0.05, 0) is 13.3 Å². The summed E-state index contributed by atoms with van der Waals surface area (Å²) in [6, 6.07) is 0. The predicted octanol–water partition coefficient (Wildman–Crippen LogP) is 2.78. The van der Waals surface area contributed by atoms with Crippen LogP contribution in [0.15, 0.2) is 30.6 Å². The fraction of sp³-hybridized carbons (Fsp3) is 0.300. The number of hydrogen-bond donors (Lipinski definition) is 1. The van der Waals surface area contributed by atoms with E-state index >= 15 is 0 Å². The Bertz CT molecular complexity index is 268. The zero-order chi connectivity index (χ0) is 8.81. The van der Waals surface area contributed by atoms with Gasteiger partial charge in [-0.3, -0.25) is 0 Å². The summed E-state index contributed by atoms with van der Waals surface area (Å²) in [5.74, 6) is 0.940. The van der Waals surface area contributed by atoms with Crippen LogP contribution in [0, 0.1) is 0 Å². The van der Waals surface area contributed by atoms with Gasteiger partial charge in [-0.15, -0.1) is 0 Å². The third kappa shape index (κ3) is 2.09. The minimum Gasteiger partial charge on any atom is -0.345 e. The SMILES string of the molecule is C/C=C\C(=C/CC)c1ncc[nH]1. The Morgan fingerprint density at radius 3 is 3.00 bits per heavy atom. The van der Waals surface area contributed by atoms with Crippen molar-refractivity contribution < 1.29 is 0 Å². The number of imidazole rings is 1. The van der Waals surface area contributed by atoms with Crippen LogP contribution in [0.4, 0.5) is 0 Å². The molecular weight excluding hydrogens is 148 g/mol. The van der Waals surface area contributed by atoms with Crippen molar-refractivity contribution in [3.05, 3.63) is 36.4 Å². The van der Waals surface area contributed by atoms with Crippen LogP contribution in [-0.2, 0) is 0 Å². The van der Waals surface area contributed by atoms with Crippen LogP contribution >= 0.6 is 0 Å². The molecule has 0 bridgehead atoms. The number of allylic oxidation sites excluding steroid dienone is 4. The highest BCUT2D eigenvalue weighted by molar-refractivity contribution is 5.69. The predicted molar refractivity (Wildman–Crippen MR) is 51.7 cm³/mol. The van der Waals surface area contributed by atoms with Crippen LogP contribution < -0.4 is 0 Å². The molecule has 0 aliphatic heterocycles. The molecule has 0 aliphatic rings. The summed E-state index contributed by atoms with van der Waals surface area (Å²) in [7, 11) is 0. The van der Waals surface area contributed by atoms with E-state index < -0.39 is 0 Å². The van der Waals surface area contributed by atoms with Gasteiger partial charge in [-0.2, -0.15) is 0 Å². The van der Waals surface area contributed by atoms with Gasteiger partial charge in [-0.1, -0.05) is 25.2 Å². The molecule has 1 aromatic heterocycles. The van der Waals surface area contributed by atoms with Gasteiger partial charge < -0.3 is 4.98 Å². The van der Waals surface area contributed by atoms with Crippen molar-refractivity contribution in [1.29, 1.82) is 0 Å². The largest absolute Gasteiger partial charge is 0.345 e. The molecule has 0 saturated heterocycles. The lowest BCUT2D eigenvalue weighted by Gasteiger charge is -1.95. The number of aromatic nitrogens is 2. The third-order valence-corrected chi connectivity index (χ3v) is 1.54. The molecule has 2 nitrogen and oxygen atoms in total. The van der Waals surface area contributed by atoms with Crippen molar-refractivity contribution in [2.75, 3.05) is 0 Å². The number of nitrogens with one attached hydrogen (secondary N) is 1. The van der Waals surface area contributed by atoms with Crippen molar-refractivity contribution in [3.63, 3.8) is 0 Å². The van der Waals surface area contributed by atoms with Crippen molar-refractivity contribution in [2.24, 2.45) is 0 Å². The topological polar surface area (TPSA) is 28.7 Å². The molecule has 1 N–H and O–H groups in total. The molecule has 64 valence electrons. The normalized spacial score (nSPS) is 12.7. The minimum absolute atomic E-state index is 0.940. The van der Waals surface area contributed by atoms with E-state index in [1.165, 1.54) is 0 Å². The van der Waals surface area contributed by atoms with E-state index in [0.717, 1.165) is 17.8 Å². The summed E-state index contributed by atoms with van der Waals surface area (Å²) >= 11 is 0. The average molecular weight is 162 g/mol. The van der Waals surface area contributed by atoms with Gasteiger partial charge >= 0.3 is 0 Å². The van der Waals surface area contributed by atoms with Crippen LogP contribution in [0.5, 0.6) is 0 Å². The van der Waals surface area contributed by atoms with Gasteiger partial charge in [0, 0.05) is 18.0 Å². The number of rotatable bonds is 3. The number of hydrogen-bond acceptors (Lipinski definition) is 1. The smallest absolute Gasteiger partial charge is 0.136 e. The molecule has 0 aliphatic carbocycles. The molecule has 1 aromatic rings. The summed E-state index contributed by atoms with van der Waals surface area (Å²) in [6.07, 6.45) is 10.9. The monoisotopic (exact) mass is 162 g/mol. The summed E-state index contributed by atoms with van der Waals surface area (Å²) in [5.41, 5.74) is 1.16. The van der Waals surface area contributed by atoms with Crippen molar-refractivity contribution >= 4 is 5.57 Å². The van der Waals surface area contributed by atoms with E-state index in [2.05, 4.69) is 29.0 Å². The van der Waals surface area contributed by atoms with E-state index in [1.807, 2.05) is 19.2 Å². The Labute approximate surface area is 73.0 Å². The molecule has 1 rings (SSSR count). The quantitative estimate of drug-likeness (QED) is 0.680. The molecule has 2 heteroatoms. The second-order valence-electron chi connectivity index (χ2n) is 2.51. The lowest BCUT2D eigenvalue weighted by molar-refractivity contribution is 1.19. The second kappa shape index (κ2) is 4.54. The first-order valence-corrected chi connectivity index (χ1v) is 4.21. The van der Waals surface area contributed by atoms with E-state index in [1.54, 1.807) is 6.20 Å². The van der Waals surface area contributed by atoms with Gasteiger partial charge in [0.15, 0.2) is 0 Å². The summed E-state index contributed by atoms with van der Waals surface area (Å²) < 4.78 is 0. The van der Waals surface area contributed by atoms with Gasteiger partial charge in [0.2, 0.25) is 0 Å². The zero-order valence-corrected chi connectivity index (χ0v) is 7.54. The molecule has 0 aromatic carbocycles. The van der Waals surface area contributed by atoms with Crippen LogP contribution in [0.3, 0.4) is 0 Å². The molecule has 0 unspecified atom stereocenters. The fourth-order valence-corrected chi connectivity index (χ4v) is 1.07. The molecule has 0 radical (unpaired) electrons. The van der Waals surface area contributed by atoms with Gasteiger partial charge in [0.05, 0.1) is 0 Å². The maximum atomic E-state index is 4.18. The van der Waals surface area contributed by atoms with Crippen LogP contribution in [-0.4, -0.2) is 9.97 Å². The molecule has 1 heterocycles. The zero-order valence-electron chi connectivity index (χ0n) is 7.54. The highest BCUT2D eigenvalue weighted by Crippen LogP contribution is 2.11. The Kier molecular flexibility index (Phi) is 3.33. The maximum Gasteiger partial charge on any atom is 0.136 e. The van der Waals surface area contributed by atoms with Gasteiger partial charge in [0.25, 0.3) is 0 Å². The Morgan fingerprint density at radius 2 is 2.50 bits per heavy atom. The molecule has 0 saturated carbocycles. The molecule has 0 spiro atoms. The second-order valence-corrected chi connectivity index (χ2v) is 2.51. The Morgan fingerprint density at radius 1 is 1.67 bits per heavy atom. The minimum atomic E-state index is 0.940. The first kappa shape index (κ1) is 8.78. The average Bonchev–Trinajstić information content (AvgIpc) is 2.56. The first-order chi connectivity index (χ1) is 5.88. The highest BCUT2D eigenvalue weighted by Gasteiger charge is 1.96. The highest BCUT2D eigenvalue weighted by atomic mass is 14.9. The lowest BCUT2D eigenvalue weighted by atomic mass is 10.2. The van der Waals surface area contributed by atoms with Crippen molar-refractivity contribution in [1.82, 2.24) is 9.97 Å². The van der Waals surface area contributed by atoms with Gasteiger partial charge in [0.1, 0.15) is 5.82 Å². The molecule has 0 amide bonds. The standard InChI is InChI=1S/C10H14N2/c1-3-5-9(6-4-2)10-11-7-8-12-10/h3,5-8H,4H2,1-2H3,(H,11,12)/b5-3-,9-6+. The lowest BCUT2D eigenvalue weighted by Crippen LogP contribution is -1.83. The van der Waals surface area contributed by atoms with E-state index in [-0.39, 0.29) is 0 Å². The first-order valence-electron chi connectivity index (χ1n) is 4.21. The Hall–Kier alpha value is -1.31. The maximum absolute atomic E-state index is 4.18. The van der Waals surface area contributed by atoms with Crippen LogP contribution in [0.1, 0.15) is 26.1 Å². The summed E-state index contributed by atoms with van der Waals surface area (Å²) in [6.45, 7) is 4.12. The molecule has 0 fully saturated rings. The number of nitrogens with zero attached hydrogens (tertiary/aromatic N) is 1. The van der Waals surface area contributed by atoms with Crippen LogP contribution in [0.2, 0.25) is 0 Å². The number of H-pyrrole nitrogens is 1.